The van der Waals surface area contributed by atoms with E-state index in [9.17, 15) is 4.79 Å². The van der Waals surface area contributed by atoms with E-state index in [0.717, 1.165) is 35.3 Å². The molecule has 0 atom stereocenters. The summed E-state index contributed by atoms with van der Waals surface area (Å²) >= 11 is 5.40. The molecule has 2 rings (SSSR count). The van der Waals surface area contributed by atoms with Gasteiger partial charge in [0.1, 0.15) is 0 Å². The van der Waals surface area contributed by atoms with Gasteiger partial charge in [-0.1, -0.05) is 41.9 Å². The van der Waals surface area contributed by atoms with Crippen molar-refractivity contribution in [3.8, 4) is 0 Å². The molecule has 0 amide bonds. The summed E-state index contributed by atoms with van der Waals surface area (Å²) in [6.07, 6.45) is 1.14. The lowest BCUT2D eigenvalue weighted by Gasteiger charge is -2.22. The molecule has 2 nitrogen and oxygen atoms in total. The van der Waals surface area contributed by atoms with E-state index >= 15 is 0 Å². The number of nitrogens with zero attached hydrogens (tertiary/aromatic N) is 1. The number of benzene rings is 1. The Balaban J connectivity index is 1.93. The molecule has 0 aliphatic carbocycles. The van der Waals surface area contributed by atoms with Gasteiger partial charge < -0.3 is 0 Å². The first-order valence-electron chi connectivity index (χ1n) is 6.61. The van der Waals surface area contributed by atoms with E-state index in [1.807, 2.05) is 36.0 Å². The summed E-state index contributed by atoms with van der Waals surface area (Å²) in [5.41, 5.74) is 0.805. The van der Waals surface area contributed by atoms with Crippen molar-refractivity contribution in [1.82, 2.24) is 4.90 Å². The van der Waals surface area contributed by atoms with Crippen molar-refractivity contribution in [1.29, 1.82) is 0 Å². The van der Waals surface area contributed by atoms with Crippen LogP contribution >= 0.6 is 27.7 Å². The van der Waals surface area contributed by atoms with E-state index in [-0.39, 0.29) is 5.78 Å². The summed E-state index contributed by atoms with van der Waals surface area (Å²) in [4.78, 5) is 14.5. The fraction of sp³-hybridized carbons (Fsp3) is 0.533. The molecular formula is C15H20BrNOS. The summed E-state index contributed by atoms with van der Waals surface area (Å²) in [5, 5.41) is 0. The van der Waals surface area contributed by atoms with Crippen molar-refractivity contribution in [3.63, 3.8) is 0 Å². The normalized spacial score (nSPS) is 19.9. The van der Waals surface area contributed by atoms with Crippen LogP contribution in [0.1, 0.15) is 30.6 Å². The van der Waals surface area contributed by atoms with Crippen molar-refractivity contribution in [2.24, 2.45) is 0 Å². The molecule has 1 saturated heterocycles. The number of rotatable bonds is 3. The molecule has 0 unspecified atom stereocenters. The summed E-state index contributed by atoms with van der Waals surface area (Å²) < 4.78 is 1.35. The zero-order chi connectivity index (χ0) is 13.9. The van der Waals surface area contributed by atoms with E-state index in [1.165, 1.54) is 0 Å². The van der Waals surface area contributed by atoms with Crippen LogP contribution < -0.4 is 0 Å². The second-order valence-electron chi connectivity index (χ2n) is 5.56. The van der Waals surface area contributed by atoms with Crippen LogP contribution in [0.15, 0.2) is 28.7 Å². The zero-order valence-electron chi connectivity index (χ0n) is 11.5. The monoisotopic (exact) mass is 341 g/mol. The number of Topliss-reactive ketones (excluding diaryl/α,β-unsaturated/α-hetero) is 1. The molecular weight excluding hydrogens is 322 g/mol. The van der Waals surface area contributed by atoms with Crippen LogP contribution in [-0.4, -0.2) is 40.8 Å². The maximum Gasteiger partial charge on any atom is 0.176 e. The standard InChI is InChI=1S/C15H20BrNOS/c1-15(2)7-8-17(9-10-19-15)11-14(18)12-3-5-13(16)6-4-12/h3-6H,7-11H2,1-2H3. The van der Waals surface area contributed by atoms with Crippen molar-refractivity contribution in [2.75, 3.05) is 25.4 Å². The van der Waals surface area contributed by atoms with Crippen LogP contribution in [0.3, 0.4) is 0 Å². The highest BCUT2D eigenvalue weighted by atomic mass is 79.9. The number of ketones is 1. The summed E-state index contributed by atoms with van der Waals surface area (Å²) in [6.45, 7) is 7.15. The van der Waals surface area contributed by atoms with E-state index in [4.69, 9.17) is 0 Å². The molecule has 1 fully saturated rings. The van der Waals surface area contributed by atoms with Crippen LogP contribution in [0.2, 0.25) is 0 Å². The first-order chi connectivity index (χ1) is 8.96. The van der Waals surface area contributed by atoms with Gasteiger partial charge in [-0.25, -0.2) is 0 Å². The summed E-state index contributed by atoms with van der Waals surface area (Å²) in [7, 11) is 0. The fourth-order valence-electron chi connectivity index (χ4n) is 2.15. The van der Waals surface area contributed by atoms with Crippen molar-refractivity contribution in [2.45, 2.75) is 25.0 Å². The van der Waals surface area contributed by atoms with Gasteiger partial charge in [0.2, 0.25) is 0 Å². The van der Waals surface area contributed by atoms with Gasteiger partial charge >= 0.3 is 0 Å². The van der Waals surface area contributed by atoms with Crippen LogP contribution in [-0.2, 0) is 0 Å². The Morgan fingerprint density at radius 1 is 1.32 bits per heavy atom. The Hall–Kier alpha value is -0.320. The minimum atomic E-state index is 0.220. The number of carbonyl (C=O) groups excluding carboxylic acids is 1. The number of thioether (sulfide) groups is 1. The Kier molecular flexibility index (Phi) is 5.09. The number of carbonyl (C=O) groups is 1. The predicted octanol–water partition coefficient (Wildman–Crippen LogP) is 3.85. The lowest BCUT2D eigenvalue weighted by molar-refractivity contribution is 0.0934. The van der Waals surface area contributed by atoms with E-state index in [2.05, 4.69) is 34.7 Å². The molecule has 104 valence electrons. The minimum Gasteiger partial charge on any atom is -0.295 e. The third-order valence-corrected chi connectivity index (χ3v) is 5.36. The Morgan fingerprint density at radius 3 is 2.68 bits per heavy atom. The van der Waals surface area contributed by atoms with E-state index < -0.39 is 0 Å². The molecule has 1 aromatic carbocycles. The summed E-state index contributed by atoms with van der Waals surface area (Å²) in [5.74, 6) is 1.33. The maximum atomic E-state index is 12.2. The maximum absolute atomic E-state index is 12.2. The Morgan fingerprint density at radius 2 is 2.00 bits per heavy atom. The first-order valence-corrected chi connectivity index (χ1v) is 8.39. The second kappa shape index (κ2) is 6.42. The molecule has 0 bridgehead atoms. The summed E-state index contributed by atoms with van der Waals surface area (Å²) in [6, 6.07) is 7.63. The predicted molar refractivity (Wildman–Crippen MR) is 86.1 cm³/mol. The van der Waals surface area contributed by atoms with Gasteiger partial charge in [0.25, 0.3) is 0 Å². The van der Waals surface area contributed by atoms with Gasteiger partial charge in [-0.05, 0) is 25.1 Å². The van der Waals surface area contributed by atoms with Gasteiger partial charge in [0, 0.05) is 27.1 Å². The molecule has 1 heterocycles. The molecule has 0 N–H and O–H groups in total. The lowest BCUT2D eigenvalue weighted by Crippen LogP contribution is -2.32. The van der Waals surface area contributed by atoms with Gasteiger partial charge in [-0.2, -0.15) is 11.8 Å². The SMILES string of the molecule is CC1(C)CCN(CC(=O)c2ccc(Br)cc2)CCS1. The third-order valence-electron chi connectivity index (χ3n) is 3.46. The highest BCUT2D eigenvalue weighted by molar-refractivity contribution is 9.10. The molecule has 19 heavy (non-hydrogen) atoms. The quantitative estimate of drug-likeness (QED) is 0.779. The number of hydrogen-bond donors (Lipinski definition) is 0. The zero-order valence-corrected chi connectivity index (χ0v) is 13.9. The Labute approximate surface area is 128 Å². The fourth-order valence-corrected chi connectivity index (χ4v) is 3.55. The molecule has 0 saturated carbocycles. The Bertz CT molecular complexity index is 444. The lowest BCUT2D eigenvalue weighted by atomic mass is 10.1. The third kappa shape index (κ3) is 4.62. The van der Waals surface area contributed by atoms with E-state index in [0.29, 0.717) is 11.3 Å². The highest BCUT2D eigenvalue weighted by Crippen LogP contribution is 2.30. The van der Waals surface area contributed by atoms with Gasteiger partial charge in [0.05, 0.1) is 6.54 Å². The van der Waals surface area contributed by atoms with E-state index in [1.54, 1.807) is 0 Å². The highest BCUT2D eigenvalue weighted by Gasteiger charge is 2.24. The molecule has 1 aromatic rings. The second-order valence-corrected chi connectivity index (χ2v) is 8.28. The van der Waals surface area contributed by atoms with Gasteiger partial charge in [-0.15, -0.1) is 0 Å². The minimum absolute atomic E-state index is 0.220. The first kappa shape index (κ1) is 15.1. The van der Waals surface area contributed by atoms with Crippen molar-refractivity contribution in [3.05, 3.63) is 34.3 Å². The van der Waals surface area contributed by atoms with Crippen molar-refractivity contribution < 1.29 is 4.79 Å². The molecule has 1 aliphatic rings. The largest absolute Gasteiger partial charge is 0.295 e. The average molecular weight is 342 g/mol. The van der Waals surface area contributed by atoms with Gasteiger partial charge in [0.15, 0.2) is 5.78 Å². The molecule has 0 spiro atoms. The van der Waals surface area contributed by atoms with Crippen molar-refractivity contribution >= 4 is 33.5 Å². The van der Waals surface area contributed by atoms with Crippen LogP contribution in [0.5, 0.6) is 0 Å². The van der Waals surface area contributed by atoms with Crippen LogP contribution in [0, 0.1) is 0 Å². The van der Waals surface area contributed by atoms with Gasteiger partial charge in [-0.3, -0.25) is 9.69 Å². The number of hydrogen-bond acceptors (Lipinski definition) is 3. The molecule has 4 heteroatoms. The molecule has 1 aliphatic heterocycles. The topological polar surface area (TPSA) is 20.3 Å². The molecule has 0 radical (unpaired) electrons. The molecule has 0 aromatic heterocycles. The van der Waals surface area contributed by atoms with Crippen LogP contribution in [0.4, 0.5) is 0 Å². The number of halogens is 1. The van der Waals surface area contributed by atoms with Crippen LogP contribution in [0.25, 0.3) is 0 Å². The average Bonchev–Trinajstić information content (AvgIpc) is 2.52. The smallest absolute Gasteiger partial charge is 0.176 e.